The van der Waals surface area contributed by atoms with Crippen molar-refractivity contribution in [2.75, 3.05) is 0 Å². The van der Waals surface area contributed by atoms with Crippen molar-refractivity contribution in [3.63, 3.8) is 0 Å². The molecule has 0 N–H and O–H groups in total. The first-order valence-corrected chi connectivity index (χ1v) is 18.5. The van der Waals surface area contributed by atoms with E-state index in [0.29, 0.717) is 0 Å². The molecule has 0 atom stereocenters. The second-order valence-electron chi connectivity index (χ2n) is 14.4. The second-order valence-corrected chi connectivity index (χ2v) is 14.4. The molecule has 250 valence electrons. The average Bonchev–Trinajstić information content (AvgIpc) is 3.87. The summed E-state index contributed by atoms with van der Waals surface area (Å²) < 4.78 is 6.21. The molecule has 10 aromatic rings. The van der Waals surface area contributed by atoms with Gasteiger partial charge in [0.05, 0.1) is 16.6 Å². The van der Waals surface area contributed by atoms with Gasteiger partial charge >= 0.3 is 0 Å². The van der Waals surface area contributed by atoms with Crippen LogP contribution in [-0.4, -0.2) is 9.97 Å². The fourth-order valence-corrected chi connectivity index (χ4v) is 9.47. The van der Waals surface area contributed by atoms with E-state index in [-0.39, 0.29) is 0 Å². The zero-order valence-electron chi connectivity index (χ0n) is 29.1. The van der Waals surface area contributed by atoms with E-state index in [1.165, 1.54) is 44.5 Å². The first-order chi connectivity index (χ1) is 26.8. The highest BCUT2D eigenvalue weighted by Gasteiger charge is 2.52. The van der Waals surface area contributed by atoms with Gasteiger partial charge in [0.2, 0.25) is 0 Å². The van der Waals surface area contributed by atoms with E-state index in [4.69, 9.17) is 14.4 Å². The van der Waals surface area contributed by atoms with Gasteiger partial charge in [-0.2, -0.15) is 0 Å². The van der Waals surface area contributed by atoms with Gasteiger partial charge in [-0.25, -0.2) is 9.97 Å². The van der Waals surface area contributed by atoms with E-state index in [0.717, 1.165) is 66.6 Å². The number of para-hydroxylation sites is 2. The summed E-state index contributed by atoms with van der Waals surface area (Å²) in [4.78, 5) is 10.7. The quantitative estimate of drug-likeness (QED) is 0.186. The number of rotatable bonds is 3. The normalized spacial score (nSPS) is 13.3. The molecule has 3 nitrogen and oxygen atoms in total. The highest BCUT2D eigenvalue weighted by atomic mass is 16.3. The predicted molar refractivity (Wildman–Crippen MR) is 219 cm³/mol. The van der Waals surface area contributed by atoms with Gasteiger partial charge in [-0.15, -0.1) is 0 Å². The topological polar surface area (TPSA) is 38.9 Å². The molecule has 1 spiro atoms. The van der Waals surface area contributed by atoms with Crippen LogP contribution in [0.25, 0.3) is 88.9 Å². The minimum Gasteiger partial charge on any atom is -0.456 e. The van der Waals surface area contributed by atoms with Crippen molar-refractivity contribution in [1.82, 2.24) is 9.97 Å². The second kappa shape index (κ2) is 11.0. The lowest BCUT2D eigenvalue weighted by Gasteiger charge is -2.30. The molecule has 2 aliphatic rings. The van der Waals surface area contributed by atoms with Gasteiger partial charge in [-0.05, 0) is 79.9 Å². The smallest absolute Gasteiger partial charge is 0.161 e. The number of aromatic nitrogens is 2. The molecule has 2 aliphatic carbocycles. The van der Waals surface area contributed by atoms with Crippen LogP contribution in [0.15, 0.2) is 186 Å². The van der Waals surface area contributed by atoms with Crippen molar-refractivity contribution in [3.8, 4) is 56.0 Å². The van der Waals surface area contributed by atoms with E-state index in [9.17, 15) is 0 Å². The summed E-state index contributed by atoms with van der Waals surface area (Å²) in [6.07, 6.45) is 0. The summed E-state index contributed by atoms with van der Waals surface area (Å²) in [5.41, 5.74) is 17.8. The number of hydrogen-bond donors (Lipinski definition) is 0. The SMILES string of the molecule is c1ccc2c(c1)-c1ccccc1C21c2ccccc2-c2c(-c3nc(-c4ccc(-c5ccc6c(c5)oc5ccccc56)cc4)c4ccccc4n3)cccc21. The lowest BCUT2D eigenvalue weighted by Crippen LogP contribution is -2.25. The molecule has 0 saturated heterocycles. The van der Waals surface area contributed by atoms with Crippen molar-refractivity contribution in [2.45, 2.75) is 5.41 Å². The monoisotopic (exact) mass is 686 g/mol. The Hall–Kier alpha value is -7.10. The fraction of sp³-hybridized carbons (Fsp3) is 0.0196. The van der Waals surface area contributed by atoms with Crippen LogP contribution in [-0.2, 0) is 5.41 Å². The maximum absolute atomic E-state index is 6.21. The Kier molecular flexibility index (Phi) is 5.98. The van der Waals surface area contributed by atoms with Crippen LogP contribution in [0, 0.1) is 0 Å². The van der Waals surface area contributed by atoms with Crippen molar-refractivity contribution in [1.29, 1.82) is 0 Å². The number of benzene rings is 8. The number of hydrogen-bond acceptors (Lipinski definition) is 3. The molecule has 0 aliphatic heterocycles. The lowest BCUT2D eigenvalue weighted by atomic mass is 9.70. The molecule has 0 amide bonds. The summed E-state index contributed by atoms with van der Waals surface area (Å²) in [6, 6.07) is 65.3. The molecule has 2 aromatic heterocycles. The minimum atomic E-state index is -0.421. The Bertz CT molecular complexity index is 3130. The van der Waals surface area contributed by atoms with E-state index in [1.807, 2.05) is 12.1 Å². The van der Waals surface area contributed by atoms with Gasteiger partial charge in [-0.1, -0.05) is 158 Å². The lowest BCUT2D eigenvalue weighted by molar-refractivity contribution is 0.669. The maximum atomic E-state index is 6.21. The minimum absolute atomic E-state index is 0.421. The molecule has 0 radical (unpaired) electrons. The third-order valence-corrected chi connectivity index (χ3v) is 11.7. The first kappa shape index (κ1) is 29.5. The Balaban J connectivity index is 1.03. The Morgan fingerprint density at radius 3 is 1.70 bits per heavy atom. The molecule has 0 fully saturated rings. The van der Waals surface area contributed by atoms with Gasteiger partial charge in [0, 0.05) is 27.3 Å². The summed E-state index contributed by atoms with van der Waals surface area (Å²) in [6.45, 7) is 0. The van der Waals surface area contributed by atoms with Crippen molar-refractivity contribution < 1.29 is 4.42 Å². The highest BCUT2D eigenvalue weighted by molar-refractivity contribution is 6.06. The summed E-state index contributed by atoms with van der Waals surface area (Å²) >= 11 is 0. The van der Waals surface area contributed by atoms with Crippen LogP contribution in [0.2, 0.25) is 0 Å². The fourth-order valence-electron chi connectivity index (χ4n) is 9.47. The molecule has 0 saturated carbocycles. The van der Waals surface area contributed by atoms with E-state index >= 15 is 0 Å². The van der Waals surface area contributed by atoms with Gasteiger partial charge < -0.3 is 4.42 Å². The van der Waals surface area contributed by atoms with Crippen molar-refractivity contribution >= 4 is 32.8 Å². The number of fused-ring (bicyclic) bond motifs is 14. The van der Waals surface area contributed by atoms with Gasteiger partial charge in [0.25, 0.3) is 0 Å². The average molecular weight is 687 g/mol. The van der Waals surface area contributed by atoms with Crippen LogP contribution >= 0.6 is 0 Å². The molecular formula is C51H30N2O. The molecule has 54 heavy (non-hydrogen) atoms. The Labute approximate surface area is 311 Å². The van der Waals surface area contributed by atoms with Crippen molar-refractivity contribution in [2.24, 2.45) is 0 Å². The van der Waals surface area contributed by atoms with Gasteiger partial charge in [0.15, 0.2) is 5.82 Å². The molecule has 2 heterocycles. The number of nitrogens with zero attached hydrogens (tertiary/aromatic N) is 2. The maximum Gasteiger partial charge on any atom is 0.161 e. The molecule has 12 rings (SSSR count). The molecule has 3 heteroatoms. The van der Waals surface area contributed by atoms with E-state index in [2.05, 4.69) is 170 Å². The molecule has 8 aromatic carbocycles. The van der Waals surface area contributed by atoms with Gasteiger partial charge in [0.1, 0.15) is 11.2 Å². The van der Waals surface area contributed by atoms with Crippen LogP contribution in [0.4, 0.5) is 0 Å². The zero-order valence-corrected chi connectivity index (χ0v) is 29.1. The summed E-state index contributed by atoms with van der Waals surface area (Å²) in [5, 5.41) is 3.30. The van der Waals surface area contributed by atoms with Crippen LogP contribution in [0.1, 0.15) is 22.3 Å². The highest BCUT2D eigenvalue weighted by Crippen LogP contribution is 2.63. The van der Waals surface area contributed by atoms with Crippen molar-refractivity contribution in [3.05, 3.63) is 204 Å². The summed E-state index contributed by atoms with van der Waals surface area (Å²) in [7, 11) is 0. The standard InChI is InChI=1S/C51H30N2O/c1-6-18-41-34(12-1)35-13-2-7-19-42(35)51(41)43-20-8-3-15-38(43)48-40(17-11-21-44(48)51)50-52-45-22-9-4-16-39(45)49(53-50)32-26-24-31(25-27-32)33-28-29-37-36-14-5-10-23-46(36)54-47(37)30-33/h1-30H. The summed E-state index contributed by atoms with van der Waals surface area (Å²) in [5.74, 6) is 0.728. The molecular weight excluding hydrogens is 657 g/mol. The zero-order chi connectivity index (χ0) is 35.4. The largest absolute Gasteiger partial charge is 0.456 e. The van der Waals surface area contributed by atoms with E-state index in [1.54, 1.807) is 0 Å². The van der Waals surface area contributed by atoms with E-state index < -0.39 is 5.41 Å². The third-order valence-electron chi connectivity index (χ3n) is 11.7. The third kappa shape index (κ3) is 3.90. The van der Waals surface area contributed by atoms with Crippen LogP contribution in [0.3, 0.4) is 0 Å². The Morgan fingerprint density at radius 2 is 0.926 bits per heavy atom. The molecule has 0 unspecified atom stereocenters. The van der Waals surface area contributed by atoms with Crippen LogP contribution < -0.4 is 0 Å². The molecule has 0 bridgehead atoms. The number of furan rings is 1. The van der Waals surface area contributed by atoms with Crippen LogP contribution in [0.5, 0.6) is 0 Å². The predicted octanol–water partition coefficient (Wildman–Crippen LogP) is 12.9. The van der Waals surface area contributed by atoms with Gasteiger partial charge in [-0.3, -0.25) is 0 Å². The first-order valence-electron chi connectivity index (χ1n) is 18.5. The Morgan fingerprint density at radius 1 is 0.370 bits per heavy atom.